The molecule has 29 heavy (non-hydrogen) atoms. The van der Waals surface area contributed by atoms with Gasteiger partial charge in [0.1, 0.15) is 5.82 Å². The molecule has 5 rings (SSSR count). The summed E-state index contributed by atoms with van der Waals surface area (Å²) in [4.78, 5) is 11.8. The molecule has 4 heterocycles. The van der Waals surface area contributed by atoms with Crippen molar-refractivity contribution in [1.82, 2.24) is 20.4 Å². The van der Waals surface area contributed by atoms with Gasteiger partial charge in [-0.15, -0.1) is 0 Å². The molecule has 3 aromatic rings. The van der Waals surface area contributed by atoms with Crippen LogP contribution in [0, 0.1) is 0 Å². The summed E-state index contributed by atoms with van der Waals surface area (Å²) in [6.45, 7) is 2.15. The fraction of sp³-hybridized carbons (Fsp3) is 0.435. The van der Waals surface area contributed by atoms with Crippen LogP contribution >= 0.6 is 0 Å². The van der Waals surface area contributed by atoms with E-state index in [1.807, 2.05) is 12.3 Å². The van der Waals surface area contributed by atoms with E-state index in [0.717, 1.165) is 49.6 Å². The Balaban J connectivity index is 1.23. The van der Waals surface area contributed by atoms with Crippen molar-refractivity contribution in [1.29, 1.82) is 0 Å². The SMILES string of the molecule is c1ccc(CCCc2noc(-c3ccc(N4[C@H]5CCNC[C@@H]4CC5)nc3)n2)cc1. The third kappa shape index (κ3) is 4.03. The maximum Gasteiger partial charge on any atom is 0.259 e. The van der Waals surface area contributed by atoms with Crippen molar-refractivity contribution >= 4 is 5.82 Å². The summed E-state index contributed by atoms with van der Waals surface area (Å²) in [5.74, 6) is 2.38. The zero-order valence-electron chi connectivity index (χ0n) is 16.6. The molecule has 0 spiro atoms. The summed E-state index contributed by atoms with van der Waals surface area (Å²) in [5, 5.41) is 7.69. The fourth-order valence-electron chi connectivity index (χ4n) is 4.59. The molecule has 2 saturated heterocycles. The second-order valence-electron chi connectivity index (χ2n) is 8.05. The second-order valence-corrected chi connectivity index (χ2v) is 8.05. The van der Waals surface area contributed by atoms with Gasteiger partial charge in [0.05, 0.1) is 5.56 Å². The summed E-state index contributed by atoms with van der Waals surface area (Å²) < 4.78 is 5.49. The molecule has 2 atom stereocenters. The quantitative estimate of drug-likeness (QED) is 0.694. The van der Waals surface area contributed by atoms with Crippen LogP contribution in [0.25, 0.3) is 11.5 Å². The van der Waals surface area contributed by atoms with Crippen LogP contribution in [0.4, 0.5) is 5.82 Å². The molecule has 1 N–H and O–H groups in total. The highest BCUT2D eigenvalue weighted by atomic mass is 16.5. The average molecular weight is 390 g/mol. The van der Waals surface area contributed by atoms with Crippen LogP contribution < -0.4 is 10.2 Å². The number of fused-ring (bicyclic) bond motifs is 2. The van der Waals surface area contributed by atoms with E-state index in [-0.39, 0.29) is 0 Å². The van der Waals surface area contributed by atoms with Crippen LogP contribution in [0.15, 0.2) is 53.2 Å². The van der Waals surface area contributed by atoms with E-state index in [2.05, 4.69) is 56.8 Å². The van der Waals surface area contributed by atoms with E-state index in [1.165, 1.54) is 24.8 Å². The highest BCUT2D eigenvalue weighted by molar-refractivity contribution is 5.55. The third-order valence-corrected chi connectivity index (χ3v) is 6.09. The molecule has 2 fully saturated rings. The number of anilines is 1. The molecule has 1 aromatic carbocycles. The molecule has 2 bridgehead atoms. The molecular weight excluding hydrogens is 362 g/mol. The van der Waals surface area contributed by atoms with Gasteiger partial charge in [-0.05, 0) is 56.3 Å². The fourth-order valence-corrected chi connectivity index (χ4v) is 4.59. The van der Waals surface area contributed by atoms with Crippen molar-refractivity contribution in [2.24, 2.45) is 0 Å². The summed E-state index contributed by atoms with van der Waals surface area (Å²) in [5.41, 5.74) is 2.23. The minimum absolute atomic E-state index is 0.555. The number of aryl methyl sites for hydroxylation is 2. The van der Waals surface area contributed by atoms with Gasteiger partial charge in [-0.2, -0.15) is 4.98 Å². The Kier molecular flexibility index (Phi) is 5.26. The first kappa shape index (κ1) is 18.3. The van der Waals surface area contributed by atoms with Gasteiger partial charge in [0.2, 0.25) is 0 Å². The molecule has 150 valence electrons. The Hall–Kier alpha value is -2.73. The monoisotopic (exact) mass is 389 g/mol. The van der Waals surface area contributed by atoms with E-state index >= 15 is 0 Å². The van der Waals surface area contributed by atoms with Gasteiger partial charge in [-0.3, -0.25) is 0 Å². The molecule has 0 aliphatic carbocycles. The van der Waals surface area contributed by atoms with Gasteiger partial charge in [0.25, 0.3) is 5.89 Å². The van der Waals surface area contributed by atoms with Crippen LogP contribution in [0.3, 0.4) is 0 Å². The predicted octanol–water partition coefficient (Wildman–Crippen LogP) is 3.64. The van der Waals surface area contributed by atoms with Gasteiger partial charge in [-0.25, -0.2) is 4.98 Å². The van der Waals surface area contributed by atoms with Crippen LogP contribution in [0.2, 0.25) is 0 Å². The highest BCUT2D eigenvalue weighted by Crippen LogP contribution is 2.32. The summed E-state index contributed by atoms with van der Waals surface area (Å²) in [6, 6.07) is 15.8. The largest absolute Gasteiger partial charge is 0.349 e. The summed E-state index contributed by atoms with van der Waals surface area (Å²) in [7, 11) is 0. The van der Waals surface area contributed by atoms with Gasteiger partial charge < -0.3 is 14.7 Å². The van der Waals surface area contributed by atoms with Crippen molar-refractivity contribution in [2.75, 3.05) is 18.0 Å². The average Bonchev–Trinajstić information content (AvgIpc) is 3.32. The maximum atomic E-state index is 5.49. The van der Waals surface area contributed by atoms with Gasteiger partial charge in [0.15, 0.2) is 5.82 Å². The summed E-state index contributed by atoms with van der Waals surface area (Å²) in [6.07, 6.45) is 8.42. The number of rotatable bonds is 6. The van der Waals surface area contributed by atoms with Crippen LogP contribution in [0.1, 0.15) is 37.1 Å². The smallest absolute Gasteiger partial charge is 0.259 e. The first-order valence-electron chi connectivity index (χ1n) is 10.7. The number of nitrogens with zero attached hydrogens (tertiary/aromatic N) is 4. The van der Waals surface area contributed by atoms with Gasteiger partial charge in [0, 0.05) is 31.2 Å². The third-order valence-electron chi connectivity index (χ3n) is 6.09. The molecule has 2 aliphatic rings. The van der Waals surface area contributed by atoms with Crippen molar-refractivity contribution < 1.29 is 4.52 Å². The van der Waals surface area contributed by atoms with Crippen LogP contribution in [-0.4, -0.2) is 40.3 Å². The van der Waals surface area contributed by atoms with Crippen LogP contribution in [-0.2, 0) is 12.8 Å². The summed E-state index contributed by atoms with van der Waals surface area (Å²) >= 11 is 0. The number of benzene rings is 1. The molecule has 0 amide bonds. The van der Waals surface area contributed by atoms with E-state index in [9.17, 15) is 0 Å². The second kappa shape index (κ2) is 8.33. The Bertz CT molecular complexity index is 910. The van der Waals surface area contributed by atoms with E-state index in [0.29, 0.717) is 18.0 Å². The van der Waals surface area contributed by atoms with Crippen molar-refractivity contribution in [3.05, 3.63) is 60.0 Å². The van der Waals surface area contributed by atoms with Gasteiger partial charge in [-0.1, -0.05) is 35.5 Å². The minimum Gasteiger partial charge on any atom is -0.349 e. The number of aromatic nitrogens is 3. The lowest BCUT2D eigenvalue weighted by atomic mass is 10.1. The number of hydrogen-bond donors (Lipinski definition) is 1. The zero-order chi connectivity index (χ0) is 19.5. The lowest BCUT2D eigenvalue weighted by Gasteiger charge is -2.29. The van der Waals surface area contributed by atoms with Crippen molar-refractivity contribution in [3.8, 4) is 11.5 Å². The maximum absolute atomic E-state index is 5.49. The van der Waals surface area contributed by atoms with Crippen molar-refractivity contribution in [2.45, 2.75) is 50.6 Å². The Labute approximate surface area is 171 Å². The highest BCUT2D eigenvalue weighted by Gasteiger charge is 2.35. The minimum atomic E-state index is 0.555. The van der Waals surface area contributed by atoms with Crippen LogP contribution in [0.5, 0.6) is 0 Å². The molecule has 0 radical (unpaired) electrons. The molecule has 2 aliphatic heterocycles. The first-order chi connectivity index (χ1) is 14.4. The topological polar surface area (TPSA) is 67.1 Å². The number of hydrogen-bond acceptors (Lipinski definition) is 6. The lowest BCUT2D eigenvalue weighted by molar-refractivity contribution is 0.421. The number of nitrogens with one attached hydrogen (secondary N) is 1. The predicted molar refractivity (Wildman–Crippen MR) is 113 cm³/mol. The Morgan fingerprint density at radius 3 is 2.76 bits per heavy atom. The molecule has 6 nitrogen and oxygen atoms in total. The van der Waals surface area contributed by atoms with Crippen molar-refractivity contribution in [3.63, 3.8) is 0 Å². The molecule has 0 unspecified atom stereocenters. The van der Waals surface area contributed by atoms with E-state index in [4.69, 9.17) is 9.51 Å². The molecule has 6 heteroatoms. The van der Waals surface area contributed by atoms with Gasteiger partial charge >= 0.3 is 0 Å². The molecular formula is C23H27N5O. The Morgan fingerprint density at radius 2 is 1.90 bits per heavy atom. The zero-order valence-corrected chi connectivity index (χ0v) is 16.6. The van der Waals surface area contributed by atoms with E-state index in [1.54, 1.807) is 0 Å². The normalized spacial score (nSPS) is 21.3. The molecule has 2 aromatic heterocycles. The first-order valence-corrected chi connectivity index (χ1v) is 10.7. The molecule has 0 saturated carbocycles. The Morgan fingerprint density at radius 1 is 1.00 bits per heavy atom. The lowest BCUT2D eigenvalue weighted by Crippen LogP contribution is -2.38. The standard InChI is InChI=1S/C23H27N5O/c1-2-5-17(6-3-1)7-4-8-21-26-23(29-27-21)18-9-12-22(25-15-18)28-19-10-11-20(28)16-24-14-13-19/h1-3,5-6,9,12,15,19-20,24H,4,7-8,10-11,13-14,16H2/t19-,20+/m1/s1. The van der Waals surface area contributed by atoms with E-state index < -0.39 is 0 Å². The number of pyridine rings is 1.